The Labute approximate surface area is 83.6 Å². The van der Waals surface area contributed by atoms with Gasteiger partial charge in [-0.2, -0.15) is 0 Å². The zero-order valence-electron chi connectivity index (χ0n) is 8.71. The van der Waals surface area contributed by atoms with Crippen LogP contribution in [-0.2, 0) is 0 Å². The summed E-state index contributed by atoms with van der Waals surface area (Å²) in [5.41, 5.74) is 6.83. The molecule has 0 saturated carbocycles. The Morgan fingerprint density at radius 1 is 1.36 bits per heavy atom. The maximum atomic E-state index is 13.2. The SMILES string of the molecule is Cc1c(F)ccc(O)c1[C@@H](N)C(C)C. The largest absolute Gasteiger partial charge is 0.508 e. The van der Waals surface area contributed by atoms with Crippen LogP contribution in [0.5, 0.6) is 5.75 Å². The molecule has 3 heteroatoms. The molecule has 1 aromatic carbocycles. The monoisotopic (exact) mass is 197 g/mol. The van der Waals surface area contributed by atoms with Gasteiger partial charge in [0.2, 0.25) is 0 Å². The fraction of sp³-hybridized carbons (Fsp3) is 0.455. The van der Waals surface area contributed by atoms with E-state index in [9.17, 15) is 9.50 Å². The lowest BCUT2D eigenvalue weighted by Gasteiger charge is -2.19. The Hall–Kier alpha value is -1.09. The minimum Gasteiger partial charge on any atom is -0.508 e. The van der Waals surface area contributed by atoms with E-state index in [1.54, 1.807) is 6.92 Å². The second kappa shape index (κ2) is 3.96. The van der Waals surface area contributed by atoms with Gasteiger partial charge in [-0.25, -0.2) is 4.39 Å². The van der Waals surface area contributed by atoms with Crippen LogP contribution in [0.25, 0.3) is 0 Å². The molecule has 0 spiro atoms. The number of benzene rings is 1. The number of halogens is 1. The molecule has 2 nitrogen and oxygen atoms in total. The molecule has 14 heavy (non-hydrogen) atoms. The molecule has 0 aliphatic carbocycles. The van der Waals surface area contributed by atoms with Gasteiger partial charge in [0.15, 0.2) is 0 Å². The molecule has 0 fully saturated rings. The highest BCUT2D eigenvalue weighted by atomic mass is 19.1. The third-order valence-electron chi connectivity index (χ3n) is 2.48. The Morgan fingerprint density at radius 2 is 1.93 bits per heavy atom. The summed E-state index contributed by atoms with van der Waals surface area (Å²) >= 11 is 0. The van der Waals surface area contributed by atoms with Gasteiger partial charge < -0.3 is 10.8 Å². The molecule has 0 aliphatic heterocycles. The molecule has 1 atom stereocenters. The summed E-state index contributed by atoms with van der Waals surface area (Å²) in [5, 5.41) is 9.59. The molecule has 1 rings (SSSR count). The number of hydrogen-bond donors (Lipinski definition) is 2. The van der Waals surface area contributed by atoms with Crippen LogP contribution in [0.1, 0.15) is 31.0 Å². The lowest BCUT2D eigenvalue weighted by molar-refractivity contribution is 0.434. The van der Waals surface area contributed by atoms with Gasteiger partial charge in [-0.05, 0) is 30.5 Å². The van der Waals surface area contributed by atoms with Crippen molar-refractivity contribution in [1.29, 1.82) is 0 Å². The van der Waals surface area contributed by atoms with Crippen LogP contribution in [0, 0.1) is 18.7 Å². The lowest BCUT2D eigenvalue weighted by atomic mass is 9.92. The molecule has 1 aromatic rings. The van der Waals surface area contributed by atoms with Crippen LogP contribution in [-0.4, -0.2) is 5.11 Å². The zero-order chi connectivity index (χ0) is 10.9. The number of phenols is 1. The van der Waals surface area contributed by atoms with Crippen molar-refractivity contribution in [2.45, 2.75) is 26.8 Å². The minimum atomic E-state index is -0.328. The third-order valence-corrected chi connectivity index (χ3v) is 2.48. The summed E-state index contributed by atoms with van der Waals surface area (Å²) in [6.45, 7) is 5.51. The van der Waals surface area contributed by atoms with Gasteiger partial charge in [0.25, 0.3) is 0 Å². The lowest BCUT2D eigenvalue weighted by Crippen LogP contribution is -2.18. The third kappa shape index (κ3) is 1.87. The van der Waals surface area contributed by atoms with Crippen molar-refractivity contribution in [2.75, 3.05) is 0 Å². The molecule has 3 N–H and O–H groups in total. The first-order chi connectivity index (χ1) is 6.45. The Balaban J connectivity index is 3.25. The second-order valence-corrected chi connectivity index (χ2v) is 3.87. The van der Waals surface area contributed by atoms with Gasteiger partial charge in [-0.15, -0.1) is 0 Å². The van der Waals surface area contributed by atoms with E-state index in [2.05, 4.69) is 0 Å². The highest BCUT2D eigenvalue weighted by molar-refractivity contribution is 5.41. The number of aromatic hydroxyl groups is 1. The molecule has 0 unspecified atom stereocenters. The first-order valence-corrected chi connectivity index (χ1v) is 4.68. The molecule has 0 saturated heterocycles. The average molecular weight is 197 g/mol. The number of hydrogen-bond acceptors (Lipinski definition) is 2. The maximum absolute atomic E-state index is 13.2. The van der Waals surface area contributed by atoms with E-state index in [-0.39, 0.29) is 23.5 Å². The van der Waals surface area contributed by atoms with Crippen molar-refractivity contribution in [3.8, 4) is 5.75 Å². The Bertz CT molecular complexity index is 336. The summed E-state index contributed by atoms with van der Waals surface area (Å²) in [7, 11) is 0. The molecular formula is C11H16FNO. The van der Waals surface area contributed by atoms with Crippen LogP contribution >= 0.6 is 0 Å². The topological polar surface area (TPSA) is 46.2 Å². The quantitative estimate of drug-likeness (QED) is 0.765. The van der Waals surface area contributed by atoms with Gasteiger partial charge in [-0.1, -0.05) is 13.8 Å². The van der Waals surface area contributed by atoms with Crippen molar-refractivity contribution >= 4 is 0 Å². The normalized spacial score (nSPS) is 13.3. The maximum Gasteiger partial charge on any atom is 0.126 e. The van der Waals surface area contributed by atoms with E-state index >= 15 is 0 Å². The highest BCUT2D eigenvalue weighted by Crippen LogP contribution is 2.31. The standard InChI is InChI=1S/C11H16FNO/c1-6(2)11(13)10-7(3)8(12)4-5-9(10)14/h4-6,11,14H,13H2,1-3H3/t11-/m0/s1. The molecule has 0 radical (unpaired) electrons. The van der Waals surface area contributed by atoms with E-state index in [1.165, 1.54) is 12.1 Å². The summed E-state index contributed by atoms with van der Waals surface area (Å²) in [5.74, 6) is -0.0830. The van der Waals surface area contributed by atoms with Crippen molar-refractivity contribution in [3.05, 3.63) is 29.1 Å². The van der Waals surface area contributed by atoms with Crippen LogP contribution in [0.2, 0.25) is 0 Å². The molecule has 0 heterocycles. The van der Waals surface area contributed by atoms with E-state index in [0.29, 0.717) is 11.1 Å². The Kier molecular flexibility index (Phi) is 3.11. The van der Waals surface area contributed by atoms with Crippen LogP contribution < -0.4 is 5.73 Å². The fourth-order valence-electron chi connectivity index (χ4n) is 1.44. The van der Waals surface area contributed by atoms with E-state index in [1.807, 2.05) is 13.8 Å². The summed E-state index contributed by atoms with van der Waals surface area (Å²) in [6, 6.07) is 2.27. The highest BCUT2D eigenvalue weighted by Gasteiger charge is 2.18. The van der Waals surface area contributed by atoms with E-state index < -0.39 is 0 Å². The molecule has 78 valence electrons. The average Bonchev–Trinajstić information content (AvgIpc) is 2.12. The van der Waals surface area contributed by atoms with Crippen LogP contribution in [0.15, 0.2) is 12.1 Å². The summed E-state index contributed by atoms with van der Waals surface area (Å²) in [6.07, 6.45) is 0. The first kappa shape index (κ1) is 11.0. The van der Waals surface area contributed by atoms with Gasteiger partial charge in [-0.3, -0.25) is 0 Å². The minimum absolute atomic E-state index is 0.0742. The van der Waals surface area contributed by atoms with Gasteiger partial charge >= 0.3 is 0 Å². The number of phenolic OH excluding ortho intramolecular Hbond substituents is 1. The van der Waals surface area contributed by atoms with Gasteiger partial charge in [0, 0.05) is 11.6 Å². The molecular weight excluding hydrogens is 181 g/mol. The smallest absolute Gasteiger partial charge is 0.126 e. The predicted octanol–water partition coefficient (Wildman–Crippen LogP) is 2.50. The number of rotatable bonds is 2. The van der Waals surface area contributed by atoms with Crippen molar-refractivity contribution in [1.82, 2.24) is 0 Å². The first-order valence-electron chi connectivity index (χ1n) is 4.68. The molecule has 0 aliphatic rings. The Morgan fingerprint density at radius 3 is 2.43 bits per heavy atom. The van der Waals surface area contributed by atoms with Gasteiger partial charge in [0.05, 0.1) is 0 Å². The second-order valence-electron chi connectivity index (χ2n) is 3.87. The van der Waals surface area contributed by atoms with E-state index in [0.717, 1.165) is 0 Å². The van der Waals surface area contributed by atoms with Crippen molar-refractivity contribution < 1.29 is 9.50 Å². The molecule has 0 amide bonds. The van der Waals surface area contributed by atoms with E-state index in [4.69, 9.17) is 5.73 Å². The molecule has 0 aromatic heterocycles. The van der Waals surface area contributed by atoms with Crippen molar-refractivity contribution in [3.63, 3.8) is 0 Å². The van der Waals surface area contributed by atoms with Crippen molar-refractivity contribution in [2.24, 2.45) is 11.7 Å². The predicted molar refractivity (Wildman–Crippen MR) is 54.6 cm³/mol. The summed E-state index contributed by atoms with van der Waals surface area (Å²) < 4.78 is 13.2. The van der Waals surface area contributed by atoms with Crippen LogP contribution in [0.4, 0.5) is 4.39 Å². The van der Waals surface area contributed by atoms with Crippen LogP contribution in [0.3, 0.4) is 0 Å². The molecule has 0 bridgehead atoms. The zero-order valence-corrected chi connectivity index (χ0v) is 8.71. The summed E-state index contributed by atoms with van der Waals surface area (Å²) in [4.78, 5) is 0. The fourth-order valence-corrected chi connectivity index (χ4v) is 1.44. The van der Waals surface area contributed by atoms with Gasteiger partial charge in [0.1, 0.15) is 11.6 Å². The number of nitrogens with two attached hydrogens (primary N) is 1.